The summed E-state index contributed by atoms with van der Waals surface area (Å²) in [5.41, 5.74) is 2.54. The molecule has 2 heteroatoms. The van der Waals surface area contributed by atoms with Crippen molar-refractivity contribution >= 4 is 0 Å². The largest absolute Gasteiger partial charge is 0.348 e. The minimum absolute atomic E-state index is 0.181. The van der Waals surface area contributed by atoms with Crippen LogP contribution in [0, 0.1) is 17.8 Å². The number of hydrogen-bond acceptors (Lipinski definition) is 2. The van der Waals surface area contributed by atoms with Crippen molar-refractivity contribution in [2.45, 2.75) is 47.8 Å². The molecule has 0 aromatic rings. The Morgan fingerprint density at radius 2 is 1.60 bits per heavy atom. The Kier molecular flexibility index (Phi) is 7.25. The quantitative estimate of drug-likeness (QED) is 0.726. The van der Waals surface area contributed by atoms with Gasteiger partial charge in [-0.05, 0) is 17.4 Å². The molecule has 1 unspecified atom stereocenters. The van der Waals surface area contributed by atoms with E-state index in [9.17, 15) is 0 Å². The Morgan fingerprint density at radius 3 is 2.15 bits per heavy atom. The van der Waals surface area contributed by atoms with Gasteiger partial charge in [-0.1, -0.05) is 65.8 Å². The van der Waals surface area contributed by atoms with Gasteiger partial charge in [-0.3, -0.25) is 0 Å². The highest BCUT2D eigenvalue weighted by Gasteiger charge is 2.22. The molecule has 1 saturated heterocycles. The van der Waals surface area contributed by atoms with Gasteiger partial charge in [-0.2, -0.15) is 0 Å². The molecule has 1 aliphatic heterocycles. The van der Waals surface area contributed by atoms with Gasteiger partial charge in [0.1, 0.15) is 0 Å². The van der Waals surface area contributed by atoms with E-state index in [-0.39, 0.29) is 6.29 Å². The van der Waals surface area contributed by atoms with Crippen LogP contribution in [-0.2, 0) is 9.47 Å². The van der Waals surface area contributed by atoms with E-state index in [0.717, 1.165) is 18.8 Å². The minimum atomic E-state index is -0.181. The number of allylic oxidation sites excluding steroid dienone is 4. The third-order valence-electron chi connectivity index (χ3n) is 3.38. The minimum Gasteiger partial charge on any atom is -0.348 e. The predicted molar refractivity (Wildman–Crippen MR) is 85.5 cm³/mol. The molecule has 1 atom stereocenters. The normalized spacial score (nSPS) is 30.1. The average Bonchev–Trinajstić information content (AvgIpc) is 2.64. The molecule has 1 fully saturated rings. The van der Waals surface area contributed by atoms with Crippen LogP contribution in [0.3, 0.4) is 0 Å². The van der Waals surface area contributed by atoms with Gasteiger partial charge in [0.15, 0.2) is 6.29 Å². The van der Waals surface area contributed by atoms with Crippen molar-refractivity contribution in [3.63, 3.8) is 0 Å². The molecule has 0 radical (unpaired) electrons. The molecule has 2 nitrogen and oxygen atoms in total. The Labute approximate surface area is 124 Å². The highest BCUT2D eigenvalue weighted by atomic mass is 16.7. The standard InChI is InChI=1S/C16H24O2.C2H6/c1-11(2)14-5-6-15(8-12(3)7-14)16-17-9-13(4)10-18-16;1-2/h5-8,11-13,16H,9-10H2,1-4H3;1-2H3. The lowest BCUT2D eigenvalue weighted by molar-refractivity contribution is -0.175. The summed E-state index contributed by atoms with van der Waals surface area (Å²) in [6, 6.07) is 0. The van der Waals surface area contributed by atoms with E-state index in [2.05, 4.69) is 52.0 Å². The van der Waals surface area contributed by atoms with Crippen LogP contribution in [0.15, 0.2) is 35.5 Å². The van der Waals surface area contributed by atoms with E-state index in [1.54, 1.807) is 0 Å². The van der Waals surface area contributed by atoms with Crippen LogP contribution in [0.1, 0.15) is 41.5 Å². The maximum atomic E-state index is 5.76. The van der Waals surface area contributed by atoms with E-state index in [0.29, 0.717) is 17.8 Å². The van der Waals surface area contributed by atoms with Gasteiger partial charge in [0, 0.05) is 11.5 Å². The summed E-state index contributed by atoms with van der Waals surface area (Å²) in [5.74, 6) is 1.49. The van der Waals surface area contributed by atoms with Gasteiger partial charge in [0.05, 0.1) is 13.2 Å². The highest BCUT2D eigenvalue weighted by molar-refractivity contribution is 5.35. The van der Waals surface area contributed by atoms with Gasteiger partial charge < -0.3 is 9.47 Å². The molecule has 1 aliphatic carbocycles. The van der Waals surface area contributed by atoms with Crippen LogP contribution < -0.4 is 0 Å². The predicted octanol–water partition coefficient (Wildman–Crippen LogP) is 4.74. The molecule has 1 heterocycles. The number of hydrogen-bond donors (Lipinski definition) is 0. The summed E-state index contributed by atoms with van der Waals surface area (Å²) in [6.45, 7) is 14.4. The van der Waals surface area contributed by atoms with Crippen molar-refractivity contribution in [2.75, 3.05) is 13.2 Å². The fourth-order valence-corrected chi connectivity index (χ4v) is 2.29. The van der Waals surface area contributed by atoms with Crippen molar-refractivity contribution < 1.29 is 9.47 Å². The third-order valence-corrected chi connectivity index (χ3v) is 3.38. The average molecular weight is 278 g/mol. The molecule has 2 aliphatic rings. The summed E-state index contributed by atoms with van der Waals surface area (Å²) < 4.78 is 11.5. The van der Waals surface area contributed by atoms with Crippen LogP contribution in [0.4, 0.5) is 0 Å². The fourth-order valence-electron chi connectivity index (χ4n) is 2.29. The van der Waals surface area contributed by atoms with Crippen molar-refractivity contribution in [1.82, 2.24) is 0 Å². The second kappa shape index (κ2) is 8.43. The van der Waals surface area contributed by atoms with Crippen molar-refractivity contribution in [1.29, 1.82) is 0 Å². The molecule has 0 saturated carbocycles. The summed E-state index contributed by atoms with van der Waals surface area (Å²) in [7, 11) is 0. The van der Waals surface area contributed by atoms with E-state index in [1.807, 2.05) is 13.8 Å². The zero-order valence-corrected chi connectivity index (χ0v) is 13.8. The maximum absolute atomic E-state index is 5.76. The summed E-state index contributed by atoms with van der Waals surface area (Å²) in [4.78, 5) is 0. The van der Waals surface area contributed by atoms with Crippen molar-refractivity contribution in [2.24, 2.45) is 17.8 Å². The number of ether oxygens (including phenoxy) is 2. The van der Waals surface area contributed by atoms with Gasteiger partial charge >= 0.3 is 0 Å². The zero-order valence-electron chi connectivity index (χ0n) is 13.8. The Balaban J connectivity index is 0.000000956. The maximum Gasteiger partial charge on any atom is 0.183 e. The SMILES string of the molecule is CC.CC1C=C(C(C)C)C=CC(C2OCC(C)CO2)=C1. The first-order valence-electron chi connectivity index (χ1n) is 7.91. The topological polar surface area (TPSA) is 18.5 Å². The van der Waals surface area contributed by atoms with Crippen LogP contribution in [0.5, 0.6) is 0 Å². The second-order valence-corrected chi connectivity index (χ2v) is 5.78. The van der Waals surface area contributed by atoms with Crippen LogP contribution in [0.25, 0.3) is 0 Å². The molecule has 0 bridgehead atoms. The van der Waals surface area contributed by atoms with Gasteiger partial charge in [0.2, 0.25) is 0 Å². The highest BCUT2D eigenvalue weighted by Crippen LogP contribution is 2.25. The Bertz CT molecular complexity index is 369. The third kappa shape index (κ3) is 4.92. The molecule has 0 spiro atoms. The van der Waals surface area contributed by atoms with E-state index in [1.165, 1.54) is 5.57 Å². The lowest BCUT2D eigenvalue weighted by Gasteiger charge is -2.28. The van der Waals surface area contributed by atoms with Crippen LogP contribution in [0.2, 0.25) is 0 Å². The second-order valence-electron chi connectivity index (χ2n) is 5.78. The summed E-state index contributed by atoms with van der Waals surface area (Å²) in [6.07, 6.45) is 8.73. The zero-order chi connectivity index (χ0) is 15.1. The van der Waals surface area contributed by atoms with Crippen molar-refractivity contribution in [3.8, 4) is 0 Å². The first kappa shape index (κ1) is 17.2. The fraction of sp³-hybridized carbons (Fsp3) is 0.667. The van der Waals surface area contributed by atoms with Gasteiger partial charge in [0.25, 0.3) is 0 Å². The summed E-state index contributed by atoms with van der Waals surface area (Å²) >= 11 is 0. The molecule has 2 rings (SSSR count). The van der Waals surface area contributed by atoms with E-state index < -0.39 is 0 Å². The molecule has 20 heavy (non-hydrogen) atoms. The number of rotatable bonds is 2. The Hall–Kier alpha value is -0.860. The van der Waals surface area contributed by atoms with E-state index >= 15 is 0 Å². The molecule has 114 valence electrons. The van der Waals surface area contributed by atoms with Crippen LogP contribution >= 0.6 is 0 Å². The molecule has 0 aromatic carbocycles. The smallest absolute Gasteiger partial charge is 0.183 e. The first-order chi connectivity index (χ1) is 9.56. The first-order valence-corrected chi connectivity index (χ1v) is 7.91. The molecular weight excluding hydrogens is 248 g/mol. The molecular formula is C18H30O2. The van der Waals surface area contributed by atoms with Gasteiger partial charge in [-0.15, -0.1) is 0 Å². The van der Waals surface area contributed by atoms with Crippen molar-refractivity contribution in [3.05, 3.63) is 35.5 Å². The lowest BCUT2D eigenvalue weighted by Crippen LogP contribution is -2.31. The monoisotopic (exact) mass is 278 g/mol. The lowest BCUT2D eigenvalue weighted by atomic mass is 9.99. The van der Waals surface area contributed by atoms with E-state index in [4.69, 9.17) is 9.47 Å². The molecule has 0 amide bonds. The Morgan fingerprint density at radius 1 is 1.00 bits per heavy atom. The molecule has 0 aromatic heterocycles. The molecule has 0 N–H and O–H groups in total. The van der Waals surface area contributed by atoms with Gasteiger partial charge in [-0.25, -0.2) is 0 Å². The van der Waals surface area contributed by atoms with Crippen LogP contribution in [-0.4, -0.2) is 19.5 Å². The summed E-state index contributed by atoms with van der Waals surface area (Å²) in [5, 5.41) is 0.